The number of aryl methyl sites for hydroxylation is 1. The zero-order chi connectivity index (χ0) is 13.4. The van der Waals surface area contributed by atoms with Crippen molar-refractivity contribution in [3.8, 4) is 0 Å². The van der Waals surface area contributed by atoms with Gasteiger partial charge in [0.1, 0.15) is 0 Å². The van der Waals surface area contributed by atoms with Crippen molar-refractivity contribution in [3.63, 3.8) is 0 Å². The quantitative estimate of drug-likeness (QED) is 0.289. The molecule has 0 saturated heterocycles. The average molecular weight is 267 g/mol. The first kappa shape index (κ1) is 15.0. The third-order valence-corrected chi connectivity index (χ3v) is 3.97. The van der Waals surface area contributed by atoms with E-state index in [4.69, 9.17) is 0 Å². The fraction of sp³-hybridized carbons (Fsp3) is 0.571. The molecule has 0 aliphatic carbocycles. The second-order valence-corrected chi connectivity index (χ2v) is 5.63. The van der Waals surface area contributed by atoms with Gasteiger partial charge in [0.05, 0.1) is 9.82 Å². The van der Waals surface area contributed by atoms with E-state index in [1.165, 1.54) is 25.7 Å². The molecule has 0 aromatic heterocycles. The molecular formula is C14H21NO2S. The molecule has 0 atom stereocenters. The molecule has 0 spiro atoms. The van der Waals surface area contributed by atoms with Gasteiger partial charge in [-0.15, -0.1) is 11.8 Å². The highest BCUT2D eigenvalue weighted by atomic mass is 32.2. The number of hydrogen-bond donors (Lipinski definition) is 0. The van der Waals surface area contributed by atoms with Crippen molar-refractivity contribution in [3.05, 3.63) is 33.9 Å². The fourth-order valence-corrected chi connectivity index (χ4v) is 2.79. The lowest BCUT2D eigenvalue weighted by Gasteiger charge is -2.04. The van der Waals surface area contributed by atoms with E-state index in [9.17, 15) is 10.1 Å². The van der Waals surface area contributed by atoms with Crippen molar-refractivity contribution >= 4 is 17.4 Å². The van der Waals surface area contributed by atoms with Gasteiger partial charge >= 0.3 is 0 Å². The first-order valence-electron chi connectivity index (χ1n) is 6.53. The van der Waals surface area contributed by atoms with E-state index in [1.807, 2.05) is 19.1 Å². The Balaban J connectivity index is 2.44. The average Bonchev–Trinajstić information content (AvgIpc) is 2.35. The molecule has 0 saturated carbocycles. The maximum atomic E-state index is 10.9. The van der Waals surface area contributed by atoms with Crippen LogP contribution < -0.4 is 0 Å². The summed E-state index contributed by atoms with van der Waals surface area (Å²) in [6.07, 6.45) is 6.16. The Labute approximate surface area is 113 Å². The van der Waals surface area contributed by atoms with E-state index in [0.717, 1.165) is 22.6 Å². The van der Waals surface area contributed by atoms with Crippen molar-refractivity contribution in [2.75, 3.05) is 5.75 Å². The lowest BCUT2D eigenvalue weighted by molar-refractivity contribution is -0.387. The van der Waals surface area contributed by atoms with Crippen LogP contribution in [-0.4, -0.2) is 10.7 Å². The van der Waals surface area contributed by atoms with Crippen molar-refractivity contribution in [1.82, 2.24) is 0 Å². The Hall–Kier alpha value is -1.03. The molecule has 0 N–H and O–H groups in total. The van der Waals surface area contributed by atoms with Gasteiger partial charge in [0.25, 0.3) is 5.69 Å². The molecule has 4 heteroatoms. The Morgan fingerprint density at radius 1 is 1.22 bits per heavy atom. The van der Waals surface area contributed by atoms with E-state index in [0.29, 0.717) is 0 Å². The van der Waals surface area contributed by atoms with E-state index in [1.54, 1.807) is 17.8 Å². The molecule has 0 heterocycles. The first-order valence-corrected chi connectivity index (χ1v) is 7.51. The van der Waals surface area contributed by atoms with Crippen LogP contribution in [0, 0.1) is 17.0 Å². The molecule has 3 nitrogen and oxygen atoms in total. The molecule has 0 unspecified atom stereocenters. The van der Waals surface area contributed by atoms with Gasteiger partial charge in [-0.25, -0.2) is 0 Å². The Bertz CT molecular complexity index is 393. The second-order valence-electron chi connectivity index (χ2n) is 4.49. The number of benzene rings is 1. The molecule has 1 aromatic rings. The number of nitro benzene ring substituents is 1. The topological polar surface area (TPSA) is 43.1 Å². The monoisotopic (exact) mass is 267 g/mol. The minimum Gasteiger partial charge on any atom is -0.258 e. The largest absolute Gasteiger partial charge is 0.283 e. The highest BCUT2D eigenvalue weighted by molar-refractivity contribution is 7.99. The van der Waals surface area contributed by atoms with Crippen LogP contribution in [0.25, 0.3) is 0 Å². The van der Waals surface area contributed by atoms with Crippen LogP contribution in [0.4, 0.5) is 5.69 Å². The van der Waals surface area contributed by atoms with Crippen molar-refractivity contribution < 1.29 is 4.92 Å². The van der Waals surface area contributed by atoms with E-state index in [-0.39, 0.29) is 10.6 Å². The number of thioether (sulfide) groups is 1. The van der Waals surface area contributed by atoms with E-state index < -0.39 is 0 Å². The van der Waals surface area contributed by atoms with Crippen LogP contribution in [0.2, 0.25) is 0 Å². The second kappa shape index (κ2) is 8.14. The molecule has 0 aliphatic rings. The van der Waals surface area contributed by atoms with Gasteiger partial charge in [0.2, 0.25) is 0 Å². The summed E-state index contributed by atoms with van der Waals surface area (Å²) < 4.78 is 0. The third-order valence-electron chi connectivity index (χ3n) is 2.82. The zero-order valence-corrected chi connectivity index (χ0v) is 12.0. The van der Waals surface area contributed by atoms with Crippen molar-refractivity contribution in [2.45, 2.75) is 50.8 Å². The normalized spacial score (nSPS) is 10.6. The fourth-order valence-electron chi connectivity index (χ4n) is 1.78. The molecule has 100 valence electrons. The Morgan fingerprint density at radius 3 is 2.61 bits per heavy atom. The van der Waals surface area contributed by atoms with E-state index >= 15 is 0 Å². The highest BCUT2D eigenvalue weighted by Crippen LogP contribution is 2.30. The van der Waals surface area contributed by atoms with Crippen LogP contribution in [0.5, 0.6) is 0 Å². The molecule has 0 radical (unpaired) electrons. The van der Waals surface area contributed by atoms with Gasteiger partial charge in [-0.05, 0) is 30.7 Å². The molecule has 0 bridgehead atoms. The van der Waals surface area contributed by atoms with Gasteiger partial charge in [0.15, 0.2) is 0 Å². The molecular weight excluding hydrogens is 246 g/mol. The predicted octanol–water partition coefficient (Wildman–Crippen LogP) is 4.97. The summed E-state index contributed by atoms with van der Waals surface area (Å²) in [5.41, 5.74) is 1.18. The number of nitrogens with zero attached hydrogens (tertiary/aromatic N) is 1. The smallest absolute Gasteiger partial charge is 0.258 e. The SMILES string of the molecule is CCCCCCCSc1ccc(C)cc1[N+](=O)[O-]. The number of nitro groups is 1. The van der Waals surface area contributed by atoms with Gasteiger partial charge in [0, 0.05) is 6.07 Å². The van der Waals surface area contributed by atoms with Gasteiger partial charge in [-0.2, -0.15) is 0 Å². The number of unbranched alkanes of at least 4 members (excludes halogenated alkanes) is 4. The van der Waals surface area contributed by atoms with Crippen LogP contribution in [-0.2, 0) is 0 Å². The zero-order valence-electron chi connectivity index (χ0n) is 11.1. The minimum absolute atomic E-state index is 0.244. The third kappa shape index (κ3) is 5.08. The van der Waals surface area contributed by atoms with Gasteiger partial charge in [-0.3, -0.25) is 10.1 Å². The molecule has 0 aliphatic heterocycles. The summed E-state index contributed by atoms with van der Waals surface area (Å²) in [5, 5.41) is 10.9. The first-order chi connectivity index (χ1) is 8.65. The predicted molar refractivity (Wildman–Crippen MR) is 77.3 cm³/mol. The van der Waals surface area contributed by atoms with Crippen LogP contribution in [0.15, 0.2) is 23.1 Å². The molecule has 0 amide bonds. The Kier molecular flexibility index (Phi) is 6.80. The summed E-state index contributed by atoms with van der Waals surface area (Å²) in [7, 11) is 0. The van der Waals surface area contributed by atoms with E-state index in [2.05, 4.69) is 6.92 Å². The van der Waals surface area contributed by atoms with Crippen molar-refractivity contribution in [2.24, 2.45) is 0 Å². The summed E-state index contributed by atoms with van der Waals surface area (Å²) in [6.45, 7) is 4.08. The lowest BCUT2D eigenvalue weighted by atomic mass is 10.2. The summed E-state index contributed by atoms with van der Waals surface area (Å²) in [5.74, 6) is 0.966. The minimum atomic E-state index is -0.285. The molecule has 18 heavy (non-hydrogen) atoms. The molecule has 1 rings (SSSR count). The summed E-state index contributed by atoms with van der Waals surface area (Å²) >= 11 is 1.60. The number of hydrogen-bond acceptors (Lipinski definition) is 3. The summed E-state index contributed by atoms with van der Waals surface area (Å²) in [6, 6.07) is 5.45. The van der Waals surface area contributed by atoms with Crippen LogP contribution >= 0.6 is 11.8 Å². The molecule has 0 fully saturated rings. The maximum absolute atomic E-state index is 10.9. The lowest BCUT2D eigenvalue weighted by Crippen LogP contribution is -1.92. The van der Waals surface area contributed by atoms with Crippen LogP contribution in [0.3, 0.4) is 0 Å². The Morgan fingerprint density at radius 2 is 1.94 bits per heavy atom. The standard InChI is InChI=1S/C14H21NO2S/c1-3-4-5-6-7-10-18-14-9-8-12(2)11-13(14)15(16)17/h8-9,11H,3-7,10H2,1-2H3. The highest BCUT2D eigenvalue weighted by Gasteiger charge is 2.13. The molecule has 1 aromatic carbocycles. The van der Waals surface area contributed by atoms with Crippen LogP contribution in [0.1, 0.15) is 44.6 Å². The maximum Gasteiger partial charge on any atom is 0.283 e. The van der Waals surface area contributed by atoms with Gasteiger partial charge < -0.3 is 0 Å². The van der Waals surface area contributed by atoms with Gasteiger partial charge in [-0.1, -0.05) is 38.7 Å². The summed E-state index contributed by atoms with van der Waals surface area (Å²) in [4.78, 5) is 11.4. The van der Waals surface area contributed by atoms with Crippen molar-refractivity contribution in [1.29, 1.82) is 0 Å². The number of rotatable bonds is 8.